The normalized spacial score (nSPS) is 30.4. The number of carbonyl (C=O) groups is 2. The molecule has 4 nitrogen and oxygen atoms in total. The van der Waals surface area contributed by atoms with Gasteiger partial charge in [0.2, 0.25) is 5.91 Å². The SMILES string of the molecule is CC1(C)CC2CC(C)(CN2C(=O)c2ccc3c(c2)CCN(C(=O)C2CCCC2)C3)C1. The van der Waals surface area contributed by atoms with Gasteiger partial charge in [-0.15, -0.1) is 0 Å². The fourth-order valence-corrected chi connectivity index (χ4v) is 7.17. The van der Waals surface area contributed by atoms with Crippen LogP contribution in [0.3, 0.4) is 0 Å². The van der Waals surface area contributed by atoms with Gasteiger partial charge in [-0.1, -0.05) is 39.7 Å². The second kappa shape index (κ2) is 7.10. The standard InChI is InChI=1S/C26H36N2O2/c1-25(2)13-22-14-26(3,16-25)17-28(22)24(30)20-8-9-21-15-27(11-10-19(21)12-20)23(29)18-6-4-5-7-18/h8-9,12,18,22H,4-7,10-11,13-17H2,1-3H3. The quantitative estimate of drug-likeness (QED) is 0.705. The van der Waals surface area contributed by atoms with Crippen molar-refractivity contribution in [2.75, 3.05) is 13.1 Å². The summed E-state index contributed by atoms with van der Waals surface area (Å²) < 4.78 is 0. The van der Waals surface area contributed by atoms with Crippen LogP contribution in [0.4, 0.5) is 0 Å². The highest BCUT2D eigenvalue weighted by Crippen LogP contribution is 2.52. The molecule has 4 aliphatic rings. The first-order valence-corrected chi connectivity index (χ1v) is 11.9. The van der Waals surface area contributed by atoms with Crippen LogP contribution in [0.2, 0.25) is 0 Å². The summed E-state index contributed by atoms with van der Waals surface area (Å²) >= 11 is 0. The molecule has 2 heterocycles. The average Bonchev–Trinajstić information content (AvgIpc) is 3.31. The Hall–Kier alpha value is -1.84. The van der Waals surface area contributed by atoms with Gasteiger partial charge in [0.1, 0.15) is 0 Å². The third-order valence-electron chi connectivity index (χ3n) is 8.16. The number of amides is 2. The van der Waals surface area contributed by atoms with Crippen molar-refractivity contribution in [1.82, 2.24) is 9.80 Å². The van der Waals surface area contributed by atoms with Crippen molar-refractivity contribution in [2.45, 2.75) is 84.7 Å². The Bertz CT molecular complexity index is 870. The lowest BCUT2D eigenvalue weighted by molar-refractivity contribution is -0.136. The summed E-state index contributed by atoms with van der Waals surface area (Å²) in [5.41, 5.74) is 3.88. The molecule has 0 aromatic heterocycles. The van der Waals surface area contributed by atoms with Gasteiger partial charge in [0.05, 0.1) is 0 Å². The van der Waals surface area contributed by atoms with Crippen molar-refractivity contribution < 1.29 is 9.59 Å². The van der Waals surface area contributed by atoms with E-state index in [2.05, 4.69) is 37.8 Å². The number of hydrogen-bond donors (Lipinski definition) is 0. The smallest absolute Gasteiger partial charge is 0.254 e. The monoisotopic (exact) mass is 408 g/mol. The third kappa shape index (κ3) is 3.56. The van der Waals surface area contributed by atoms with Crippen molar-refractivity contribution in [1.29, 1.82) is 0 Å². The summed E-state index contributed by atoms with van der Waals surface area (Å²) in [5, 5.41) is 0. The van der Waals surface area contributed by atoms with E-state index in [1.807, 2.05) is 11.0 Å². The first-order valence-electron chi connectivity index (χ1n) is 11.9. The summed E-state index contributed by atoms with van der Waals surface area (Å²) in [6, 6.07) is 6.59. The van der Waals surface area contributed by atoms with E-state index in [-0.39, 0.29) is 17.2 Å². The van der Waals surface area contributed by atoms with Gasteiger partial charge in [-0.3, -0.25) is 9.59 Å². The van der Waals surface area contributed by atoms with Crippen molar-refractivity contribution in [3.63, 3.8) is 0 Å². The van der Waals surface area contributed by atoms with E-state index in [9.17, 15) is 9.59 Å². The lowest BCUT2D eigenvalue weighted by atomic mass is 9.65. The van der Waals surface area contributed by atoms with E-state index in [1.165, 1.54) is 30.4 Å². The minimum atomic E-state index is 0.202. The molecule has 5 rings (SSSR count). The molecule has 2 saturated carbocycles. The molecule has 0 N–H and O–H groups in total. The van der Waals surface area contributed by atoms with E-state index in [1.54, 1.807) is 0 Å². The Kier molecular flexibility index (Phi) is 4.75. The number of likely N-dealkylation sites (tertiary alicyclic amines) is 1. The van der Waals surface area contributed by atoms with Gasteiger partial charge in [-0.25, -0.2) is 0 Å². The number of benzene rings is 1. The molecule has 2 unspecified atom stereocenters. The highest BCUT2D eigenvalue weighted by atomic mass is 16.2. The van der Waals surface area contributed by atoms with Gasteiger partial charge in [0.25, 0.3) is 5.91 Å². The van der Waals surface area contributed by atoms with Gasteiger partial charge in [0.15, 0.2) is 0 Å². The maximum atomic E-state index is 13.4. The predicted octanol–water partition coefficient (Wildman–Crippen LogP) is 4.80. The summed E-state index contributed by atoms with van der Waals surface area (Å²) in [6.07, 6.45) is 8.83. The fraction of sp³-hybridized carbons (Fsp3) is 0.692. The minimum absolute atomic E-state index is 0.202. The predicted molar refractivity (Wildman–Crippen MR) is 118 cm³/mol. The van der Waals surface area contributed by atoms with Crippen molar-refractivity contribution in [2.24, 2.45) is 16.7 Å². The molecule has 162 valence electrons. The average molecular weight is 409 g/mol. The fourth-order valence-electron chi connectivity index (χ4n) is 7.17. The van der Waals surface area contributed by atoms with Crippen LogP contribution in [0.5, 0.6) is 0 Å². The summed E-state index contributed by atoms with van der Waals surface area (Å²) in [4.78, 5) is 30.5. The lowest BCUT2D eigenvalue weighted by Crippen LogP contribution is -2.39. The molecule has 30 heavy (non-hydrogen) atoms. The number of nitrogens with zero attached hydrogens (tertiary/aromatic N) is 2. The molecular weight excluding hydrogens is 372 g/mol. The highest BCUT2D eigenvalue weighted by molar-refractivity contribution is 5.95. The molecule has 2 amide bonds. The van der Waals surface area contributed by atoms with E-state index < -0.39 is 0 Å². The van der Waals surface area contributed by atoms with E-state index in [0.717, 1.165) is 50.8 Å². The van der Waals surface area contributed by atoms with Crippen LogP contribution in [0.25, 0.3) is 0 Å². The molecule has 1 aromatic rings. The van der Waals surface area contributed by atoms with Gasteiger partial charge < -0.3 is 9.80 Å². The Balaban J connectivity index is 1.31. The van der Waals surface area contributed by atoms with Crippen LogP contribution in [0.1, 0.15) is 87.2 Å². The molecule has 3 fully saturated rings. The Morgan fingerprint density at radius 1 is 1.03 bits per heavy atom. The van der Waals surface area contributed by atoms with Crippen molar-refractivity contribution in [3.05, 3.63) is 34.9 Å². The number of fused-ring (bicyclic) bond motifs is 3. The minimum Gasteiger partial charge on any atom is -0.338 e. The Morgan fingerprint density at radius 3 is 2.57 bits per heavy atom. The van der Waals surface area contributed by atoms with Gasteiger partial charge >= 0.3 is 0 Å². The first-order chi connectivity index (χ1) is 14.2. The topological polar surface area (TPSA) is 40.6 Å². The molecule has 2 aliphatic heterocycles. The van der Waals surface area contributed by atoms with Crippen LogP contribution in [0, 0.1) is 16.7 Å². The molecule has 1 aromatic carbocycles. The molecule has 2 aliphatic carbocycles. The van der Waals surface area contributed by atoms with Gasteiger partial charge in [-0.05, 0) is 72.6 Å². The van der Waals surface area contributed by atoms with E-state index in [4.69, 9.17) is 0 Å². The zero-order valence-corrected chi connectivity index (χ0v) is 18.9. The maximum Gasteiger partial charge on any atom is 0.254 e. The molecule has 0 radical (unpaired) electrons. The zero-order valence-electron chi connectivity index (χ0n) is 18.9. The molecule has 4 heteroatoms. The van der Waals surface area contributed by atoms with Gasteiger partial charge in [0, 0.05) is 37.2 Å². The van der Waals surface area contributed by atoms with Crippen LogP contribution in [-0.4, -0.2) is 40.7 Å². The van der Waals surface area contributed by atoms with Crippen molar-refractivity contribution >= 4 is 11.8 Å². The van der Waals surface area contributed by atoms with Crippen LogP contribution in [-0.2, 0) is 17.8 Å². The number of rotatable bonds is 2. The molecular formula is C26H36N2O2. The second-order valence-corrected chi connectivity index (χ2v) is 11.6. The molecule has 2 atom stereocenters. The summed E-state index contributed by atoms with van der Waals surface area (Å²) in [6.45, 7) is 9.44. The lowest BCUT2D eigenvalue weighted by Gasteiger charge is -2.39. The van der Waals surface area contributed by atoms with Crippen LogP contribution >= 0.6 is 0 Å². The third-order valence-corrected chi connectivity index (χ3v) is 8.16. The zero-order chi connectivity index (χ0) is 21.1. The second-order valence-electron chi connectivity index (χ2n) is 11.6. The number of carbonyl (C=O) groups excluding carboxylic acids is 2. The molecule has 2 bridgehead atoms. The van der Waals surface area contributed by atoms with E-state index >= 15 is 0 Å². The van der Waals surface area contributed by atoms with Crippen molar-refractivity contribution in [3.8, 4) is 0 Å². The molecule has 0 spiro atoms. The highest BCUT2D eigenvalue weighted by Gasteiger charge is 2.51. The number of hydrogen-bond acceptors (Lipinski definition) is 2. The van der Waals surface area contributed by atoms with Crippen LogP contribution in [0.15, 0.2) is 18.2 Å². The van der Waals surface area contributed by atoms with Crippen LogP contribution < -0.4 is 0 Å². The van der Waals surface area contributed by atoms with E-state index in [0.29, 0.717) is 23.9 Å². The maximum absolute atomic E-state index is 13.4. The Morgan fingerprint density at radius 2 is 1.80 bits per heavy atom. The summed E-state index contributed by atoms with van der Waals surface area (Å²) in [5.74, 6) is 0.791. The first kappa shape index (κ1) is 20.1. The molecule has 1 saturated heterocycles. The Labute approximate surface area is 181 Å². The van der Waals surface area contributed by atoms with Gasteiger partial charge in [-0.2, -0.15) is 0 Å². The largest absolute Gasteiger partial charge is 0.338 e. The summed E-state index contributed by atoms with van der Waals surface area (Å²) in [7, 11) is 0.